The summed E-state index contributed by atoms with van der Waals surface area (Å²) in [4.78, 5) is 22.6. The summed E-state index contributed by atoms with van der Waals surface area (Å²) in [7, 11) is 0. The third-order valence-electron chi connectivity index (χ3n) is 3.25. The summed E-state index contributed by atoms with van der Waals surface area (Å²) < 4.78 is 5.18. The van der Waals surface area contributed by atoms with Crippen LogP contribution in [0.25, 0.3) is 0 Å². The Morgan fingerprint density at radius 2 is 1.74 bits per heavy atom. The fourth-order valence-electron chi connectivity index (χ4n) is 2.02. The van der Waals surface area contributed by atoms with E-state index in [2.05, 4.69) is 0 Å². The highest BCUT2D eigenvalue weighted by Gasteiger charge is 2.13. The molecule has 0 radical (unpaired) electrons. The lowest BCUT2D eigenvalue weighted by Gasteiger charge is -2.08. The van der Waals surface area contributed by atoms with Crippen molar-refractivity contribution in [2.45, 2.75) is 18.9 Å². The maximum absolute atomic E-state index is 11.9. The molecule has 0 aromatic heterocycles. The van der Waals surface area contributed by atoms with E-state index in [1.54, 1.807) is 42.5 Å². The van der Waals surface area contributed by atoms with Gasteiger partial charge in [0.2, 0.25) is 0 Å². The van der Waals surface area contributed by atoms with Crippen LogP contribution in [0.2, 0.25) is 0 Å². The fourth-order valence-corrected chi connectivity index (χ4v) is 2.02. The van der Waals surface area contributed by atoms with Gasteiger partial charge in [-0.2, -0.15) is 0 Å². The molecule has 6 heteroatoms. The van der Waals surface area contributed by atoms with E-state index in [-0.39, 0.29) is 18.6 Å². The van der Waals surface area contributed by atoms with E-state index in [1.165, 1.54) is 6.07 Å². The minimum absolute atomic E-state index is 0.0433. The number of carboxylic acids is 1. The summed E-state index contributed by atoms with van der Waals surface area (Å²) >= 11 is 0. The van der Waals surface area contributed by atoms with Crippen molar-refractivity contribution < 1.29 is 24.5 Å². The minimum atomic E-state index is -1.07. The van der Waals surface area contributed by atoms with E-state index in [9.17, 15) is 14.7 Å². The standard InChI is InChI=1S/C17H17NO5/c18-14(17(21)22)9-11-5-7-13(8-6-11)23-16(20)10-12-3-1-2-4-15(12)19/h1-8,14,19H,9-10,18H2,(H,21,22)/t14-/m0/s1. The molecule has 0 heterocycles. The quantitative estimate of drug-likeness (QED) is 0.550. The number of rotatable bonds is 6. The van der Waals surface area contributed by atoms with Crippen molar-refractivity contribution in [1.82, 2.24) is 0 Å². The summed E-state index contributed by atoms with van der Waals surface area (Å²) in [6, 6.07) is 12.0. The van der Waals surface area contributed by atoms with E-state index in [1.807, 2.05) is 0 Å². The molecule has 2 aromatic rings. The zero-order chi connectivity index (χ0) is 16.8. The van der Waals surface area contributed by atoms with Crippen molar-refractivity contribution >= 4 is 11.9 Å². The molecule has 2 aromatic carbocycles. The molecule has 0 aliphatic carbocycles. The van der Waals surface area contributed by atoms with Crippen LogP contribution in [0.5, 0.6) is 11.5 Å². The van der Waals surface area contributed by atoms with Crippen LogP contribution in [0.1, 0.15) is 11.1 Å². The second-order valence-corrected chi connectivity index (χ2v) is 5.07. The molecular formula is C17H17NO5. The highest BCUT2D eigenvalue weighted by atomic mass is 16.5. The van der Waals surface area contributed by atoms with Gasteiger partial charge in [-0.1, -0.05) is 30.3 Å². The number of phenolic OH excluding ortho intramolecular Hbond substituents is 1. The zero-order valence-electron chi connectivity index (χ0n) is 12.3. The smallest absolute Gasteiger partial charge is 0.320 e. The number of hydrogen-bond donors (Lipinski definition) is 3. The first-order valence-corrected chi connectivity index (χ1v) is 7.00. The zero-order valence-corrected chi connectivity index (χ0v) is 12.3. The Labute approximate surface area is 133 Å². The lowest BCUT2D eigenvalue weighted by atomic mass is 10.1. The molecule has 0 saturated carbocycles. The Bertz CT molecular complexity index is 696. The minimum Gasteiger partial charge on any atom is -0.508 e. The number of phenols is 1. The van der Waals surface area contributed by atoms with Gasteiger partial charge >= 0.3 is 11.9 Å². The topological polar surface area (TPSA) is 110 Å². The number of ether oxygens (including phenoxy) is 1. The maximum atomic E-state index is 11.9. The lowest BCUT2D eigenvalue weighted by molar-refractivity contribution is -0.138. The third kappa shape index (κ3) is 4.82. The Balaban J connectivity index is 1.94. The van der Waals surface area contributed by atoms with Crippen LogP contribution in [-0.2, 0) is 22.4 Å². The van der Waals surface area contributed by atoms with Gasteiger partial charge in [-0.05, 0) is 30.2 Å². The van der Waals surface area contributed by atoms with Gasteiger partial charge in [0.05, 0.1) is 6.42 Å². The fraction of sp³-hybridized carbons (Fsp3) is 0.176. The number of aromatic hydroxyl groups is 1. The van der Waals surface area contributed by atoms with Gasteiger partial charge in [0.15, 0.2) is 0 Å². The maximum Gasteiger partial charge on any atom is 0.320 e. The van der Waals surface area contributed by atoms with Crippen molar-refractivity contribution in [1.29, 1.82) is 0 Å². The second kappa shape index (κ2) is 7.42. The average Bonchev–Trinajstić information content (AvgIpc) is 2.51. The molecule has 0 unspecified atom stereocenters. The molecule has 120 valence electrons. The van der Waals surface area contributed by atoms with Crippen LogP contribution in [0, 0.1) is 0 Å². The molecule has 0 fully saturated rings. The van der Waals surface area contributed by atoms with Crippen LogP contribution < -0.4 is 10.5 Å². The Kier molecular flexibility index (Phi) is 5.32. The number of hydrogen-bond acceptors (Lipinski definition) is 5. The largest absolute Gasteiger partial charge is 0.508 e. The first-order valence-electron chi connectivity index (χ1n) is 7.00. The van der Waals surface area contributed by atoms with Gasteiger partial charge < -0.3 is 20.7 Å². The van der Waals surface area contributed by atoms with Crippen molar-refractivity contribution in [2.75, 3.05) is 0 Å². The molecule has 0 aliphatic heterocycles. The van der Waals surface area contributed by atoms with E-state index in [4.69, 9.17) is 15.6 Å². The molecular weight excluding hydrogens is 298 g/mol. The van der Waals surface area contributed by atoms with Gasteiger partial charge in [-0.15, -0.1) is 0 Å². The lowest BCUT2D eigenvalue weighted by Crippen LogP contribution is -2.32. The van der Waals surface area contributed by atoms with Gasteiger partial charge in [-0.3, -0.25) is 9.59 Å². The van der Waals surface area contributed by atoms with Gasteiger partial charge in [0.1, 0.15) is 17.5 Å². The predicted octanol–water partition coefficient (Wildman–Crippen LogP) is 1.49. The van der Waals surface area contributed by atoms with Crippen LogP contribution in [0.4, 0.5) is 0 Å². The first-order chi connectivity index (χ1) is 11.0. The number of carboxylic acid groups (broad SMARTS) is 1. The molecule has 4 N–H and O–H groups in total. The van der Waals surface area contributed by atoms with Crippen LogP contribution >= 0.6 is 0 Å². The number of carbonyl (C=O) groups is 2. The summed E-state index contributed by atoms with van der Waals surface area (Å²) in [5.74, 6) is -1.18. The van der Waals surface area contributed by atoms with E-state index >= 15 is 0 Å². The van der Waals surface area contributed by atoms with Crippen molar-refractivity contribution in [3.8, 4) is 11.5 Å². The number of carbonyl (C=O) groups excluding carboxylic acids is 1. The summed E-state index contributed by atoms with van der Waals surface area (Å²) in [6.07, 6.45) is 0.153. The molecule has 0 amide bonds. The highest BCUT2D eigenvalue weighted by Crippen LogP contribution is 2.18. The number of para-hydroxylation sites is 1. The van der Waals surface area contributed by atoms with Gasteiger partial charge in [-0.25, -0.2) is 0 Å². The molecule has 23 heavy (non-hydrogen) atoms. The second-order valence-electron chi connectivity index (χ2n) is 5.07. The van der Waals surface area contributed by atoms with Crippen LogP contribution in [-0.4, -0.2) is 28.2 Å². The summed E-state index contributed by atoms with van der Waals surface area (Å²) in [5, 5.41) is 18.4. The van der Waals surface area contributed by atoms with Crippen molar-refractivity contribution in [3.05, 3.63) is 59.7 Å². The Morgan fingerprint density at radius 3 is 2.35 bits per heavy atom. The van der Waals surface area contributed by atoms with Crippen molar-refractivity contribution in [2.24, 2.45) is 5.73 Å². The third-order valence-corrected chi connectivity index (χ3v) is 3.25. The Hall–Kier alpha value is -2.86. The van der Waals surface area contributed by atoms with Gasteiger partial charge in [0, 0.05) is 5.56 Å². The van der Waals surface area contributed by atoms with E-state index in [0.29, 0.717) is 11.3 Å². The summed E-state index contributed by atoms with van der Waals surface area (Å²) in [5.41, 5.74) is 6.68. The number of esters is 1. The van der Waals surface area contributed by atoms with Crippen LogP contribution in [0.3, 0.4) is 0 Å². The SMILES string of the molecule is N[C@@H](Cc1ccc(OC(=O)Cc2ccccc2O)cc1)C(=O)O. The monoisotopic (exact) mass is 315 g/mol. The molecule has 2 rings (SSSR count). The normalized spacial score (nSPS) is 11.7. The number of aliphatic carboxylic acids is 1. The van der Waals surface area contributed by atoms with Gasteiger partial charge in [0.25, 0.3) is 0 Å². The highest BCUT2D eigenvalue weighted by molar-refractivity contribution is 5.76. The van der Waals surface area contributed by atoms with Crippen molar-refractivity contribution in [3.63, 3.8) is 0 Å². The Morgan fingerprint density at radius 1 is 1.09 bits per heavy atom. The molecule has 6 nitrogen and oxygen atoms in total. The molecule has 0 bridgehead atoms. The first kappa shape index (κ1) is 16.5. The molecule has 1 atom stereocenters. The predicted molar refractivity (Wildman–Crippen MR) is 83.2 cm³/mol. The number of nitrogens with two attached hydrogens (primary N) is 1. The molecule has 0 saturated heterocycles. The summed E-state index contributed by atoms with van der Waals surface area (Å²) in [6.45, 7) is 0. The van der Waals surface area contributed by atoms with E-state index in [0.717, 1.165) is 5.56 Å². The average molecular weight is 315 g/mol. The molecule has 0 aliphatic rings. The molecule has 0 spiro atoms. The number of benzene rings is 2. The van der Waals surface area contributed by atoms with E-state index < -0.39 is 18.0 Å². The van der Waals surface area contributed by atoms with Crippen LogP contribution in [0.15, 0.2) is 48.5 Å².